The summed E-state index contributed by atoms with van der Waals surface area (Å²) in [7, 11) is 0. The monoisotopic (exact) mass is 445 g/mol. The van der Waals surface area contributed by atoms with Gasteiger partial charge in [-0.3, -0.25) is 14.6 Å². The third-order valence-corrected chi connectivity index (χ3v) is 4.60. The third-order valence-electron chi connectivity index (χ3n) is 4.03. The van der Waals surface area contributed by atoms with Gasteiger partial charge in [0, 0.05) is 12.4 Å². The first kappa shape index (κ1) is 21.1. The minimum atomic E-state index is -3.11. The van der Waals surface area contributed by atoms with E-state index in [1.165, 1.54) is 18.5 Å². The molecule has 1 atom stereocenters. The number of fused-ring (bicyclic) bond motifs is 1. The number of pyridine rings is 1. The summed E-state index contributed by atoms with van der Waals surface area (Å²) < 4.78 is 35.6. The largest absolute Gasteiger partial charge is 0.474 e. The molecule has 0 unspecified atom stereocenters. The van der Waals surface area contributed by atoms with E-state index in [0.717, 1.165) is 6.07 Å². The first-order valence-corrected chi connectivity index (χ1v) is 9.27. The van der Waals surface area contributed by atoms with E-state index >= 15 is 0 Å². The van der Waals surface area contributed by atoms with Crippen molar-refractivity contribution in [3.05, 3.63) is 40.1 Å². The Hall–Kier alpha value is -2.65. The molecule has 1 aliphatic rings. The quantitative estimate of drug-likeness (QED) is 0.669. The number of anilines is 2. The van der Waals surface area contributed by atoms with Crippen LogP contribution in [0.2, 0.25) is 10.0 Å². The lowest BCUT2D eigenvalue weighted by Gasteiger charge is -2.28. The van der Waals surface area contributed by atoms with Gasteiger partial charge in [-0.05, 0) is 18.6 Å². The van der Waals surface area contributed by atoms with Crippen LogP contribution in [0.4, 0.5) is 20.2 Å². The lowest BCUT2D eigenvalue weighted by atomic mass is 10.1. The normalized spacial score (nSPS) is 15.4. The fourth-order valence-electron chi connectivity index (χ4n) is 2.75. The zero-order chi connectivity index (χ0) is 21.1. The molecule has 1 aromatic carbocycles. The van der Waals surface area contributed by atoms with Crippen molar-refractivity contribution in [3.8, 4) is 11.5 Å². The van der Waals surface area contributed by atoms with Gasteiger partial charge in [0.2, 0.25) is 0 Å². The van der Waals surface area contributed by atoms with E-state index in [2.05, 4.69) is 20.4 Å². The van der Waals surface area contributed by atoms with Gasteiger partial charge in [0.25, 0.3) is 11.8 Å². The molecule has 2 amide bonds. The SMILES string of the molecule is CCC[C@@H]1Oc2c(OC(F)F)ccc(C(=O)Nc3c(Cl)cncc3Cl)c2NC1=O. The first-order valence-electron chi connectivity index (χ1n) is 8.51. The van der Waals surface area contributed by atoms with Crippen molar-refractivity contribution in [1.29, 1.82) is 0 Å². The number of carbonyl (C=O) groups is 2. The number of ether oxygens (including phenoxy) is 2. The van der Waals surface area contributed by atoms with E-state index in [9.17, 15) is 18.4 Å². The molecule has 1 aliphatic heterocycles. The summed E-state index contributed by atoms with van der Waals surface area (Å²) in [6.45, 7) is -1.27. The summed E-state index contributed by atoms with van der Waals surface area (Å²) in [5, 5.41) is 5.26. The highest BCUT2D eigenvalue weighted by Gasteiger charge is 2.33. The van der Waals surface area contributed by atoms with Crippen molar-refractivity contribution >= 4 is 46.4 Å². The maximum atomic E-state index is 12.8. The number of benzene rings is 1. The molecule has 2 heterocycles. The van der Waals surface area contributed by atoms with Gasteiger partial charge in [-0.1, -0.05) is 36.5 Å². The van der Waals surface area contributed by atoms with E-state index in [4.69, 9.17) is 27.9 Å². The van der Waals surface area contributed by atoms with Gasteiger partial charge in [-0.15, -0.1) is 0 Å². The summed E-state index contributed by atoms with van der Waals surface area (Å²) in [5.41, 5.74) is -0.0185. The average molecular weight is 446 g/mol. The Balaban J connectivity index is 2.01. The molecule has 2 aromatic rings. The first-order chi connectivity index (χ1) is 13.8. The molecule has 0 fully saturated rings. The molecule has 0 saturated carbocycles. The summed E-state index contributed by atoms with van der Waals surface area (Å²) in [6, 6.07) is 2.38. The molecule has 1 aromatic heterocycles. The Kier molecular flexibility index (Phi) is 6.39. The molecule has 11 heteroatoms. The van der Waals surface area contributed by atoms with Crippen LogP contribution in [0.25, 0.3) is 0 Å². The van der Waals surface area contributed by atoms with Crippen LogP contribution < -0.4 is 20.1 Å². The zero-order valence-corrected chi connectivity index (χ0v) is 16.5. The van der Waals surface area contributed by atoms with E-state index < -0.39 is 24.5 Å². The second kappa shape index (κ2) is 8.79. The van der Waals surface area contributed by atoms with Gasteiger partial charge in [0.15, 0.2) is 17.6 Å². The van der Waals surface area contributed by atoms with Gasteiger partial charge in [-0.2, -0.15) is 8.78 Å². The summed E-state index contributed by atoms with van der Waals surface area (Å²) in [6.07, 6.45) is 2.67. The van der Waals surface area contributed by atoms with Crippen LogP contribution in [0.3, 0.4) is 0 Å². The highest BCUT2D eigenvalue weighted by molar-refractivity contribution is 6.39. The number of amides is 2. The van der Waals surface area contributed by atoms with Crippen molar-refractivity contribution < 1.29 is 27.8 Å². The molecule has 0 spiro atoms. The van der Waals surface area contributed by atoms with E-state index in [1.54, 1.807) is 0 Å². The third kappa shape index (κ3) is 4.51. The van der Waals surface area contributed by atoms with Crippen LogP contribution in [0.1, 0.15) is 30.1 Å². The summed E-state index contributed by atoms with van der Waals surface area (Å²) >= 11 is 12.0. The molecule has 0 aliphatic carbocycles. The van der Waals surface area contributed by atoms with E-state index in [1.807, 2.05) is 6.92 Å². The van der Waals surface area contributed by atoms with Crippen LogP contribution >= 0.6 is 23.2 Å². The van der Waals surface area contributed by atoms with Crippen LogP contribution in [-0.2, 0) is 4.79 Å². The topological polar surface area (TPSA) is 89.6 Å². The number of rotatable bonds is 6. The Morgan fingerprint density at radius 3 is 2.66 bits per heavy atom. The Labute approximate surface area is 174 Å². The zero-order valence-electron chi connectivity index (χ0n) is 15.0. The fraction of sp³-hybridized carbons (Fsp3) is 0.278. The molecule has 0 radical (unpaired) electrons. The molecular weight excluding hydrogens is 431 g/mol. The molecule has 0 saturated heterocycles. The smallest absolute Gasteiger partial charge is 0.387 e. The van der Waals surface area contributed by atoms with Gasteiger partial charge in [-0.25, -0.2) is 0 Å². The van der Waals surface area contributed by atoms with Crippen molar-refractivity contribution in [2.75, 3.05) is 10.6 Å². The lowest BCUT2D eigenvalue weighted by Crippen LogP contribution is -2.38. The van der Waals surface area contributed by atoms with Crippen LogP contribution in [0.5, 0.6) is 11.5 Å². The maximum Gasteiger partial charge on any atom is 0.387 e. The molecule has 2 N–H and O–H groups in total. The minimum absolute atomic E-state index is 0.0474. The Bertz CT molecular complexity index is 939. The lowest BCUT2D eigenvalue weighted by molar-refractivity contribution is -0.124. The van der Waals surface area contributed by atoms with E-state index in [-0.39, 0.29) is 38.5 Å². The Morgan fingerprint density at radius 2 is 2.03 bits per heavy atom. The molecule has 154 valence electrons. The summed E-state index contributed by atoms with van der Waals surface area (Å²) in [4.78, 5) is 28.9. The number of hydrogen-bond acceptors (Lipinski definition) is 5. The number of carbonyl (C=O) groups excluding carboxylic acids is 2. The highest BCUT2D eigenvalue weighted by atomic mass is 35.5. The van der Waals surface area contributed by atoms with Crippen molar-refractivity contribution in [2.45, 2.75) is 32.5 Å². The second-order valence-electron chi connectivity index (χ2n) is 6.01. The summed E-state index contributed by atoms with van der Waals surface area (Å²) in [5.74, 6) is -1.64. The van der Waals surface area contributed by atoms with E-state index in [0.29, 0.717) is 12.8 Å². The number of halogens is 4. The van der Waals surface area contributed by atoms with Crippen molar-refractivity contribution in [3.63, 3.8) is 0 Å². The van der Waals surface area contributed by atoms with Crippen molar-refractivity contribution in [1.82, 2.24) is 4.98 Å². The molecule has 7 nitrogen and oxygen atoms in total. The molecule has 3 rings (SSSR count). The standard InChI is InChI=1S/C18H15Cl2F2N3O4/c1-2-3-12-17(27)24-13-8(4-5-11(15(13)28-12)29-18(21)22)16(26)25-14-9(19)6-23-7-10(14)20/h4-7,12,18H,2-3H2,1H3,(H,24,27)(H,23,25,26)/t12-/m0/s1. The number of nitrogens with one attached hydrogen (secondary N) is 2. The highest BCUT2D eigenvalue weighted by Crippen LogP contribution is 2.43. The molecule has 29 heavy (non-hydrogen) atoms. The number of alkyl halides is 2. The molecular formula is C18H15Cl2F2N3O4. The van der Waals surface area contributed by atoms with Gasteiger partial charge in [0.05, 0.1) is 21.3 Å². The predicted octanol–water partition coefficient (Wildman–Crippen LogP) is 4.74. The van der Waals surface area contributed by atoms with Gasteiger partial charge in [0.1, 0.15) is 5.69 Å². The second-order valence-corrected chi connectivity index (χ2v) is 6.82. The van der Waals surface area contributed by atoms with Gasteiger partial charge >= 0.3 is 6.61 Å². The number of aromatic nitrogens is 1. The average Bonchev–Trinajstić information content (AvgIpc) is 2.65. The maximum absolute atomic E-state index is 12.8. The van der Waals surface area contributed by atoms with Crippen LogP contribution in [-0.4, -0.2) is 29.5 Å². The van der Waals surface area contributed by atoms with Crippen LogP contribution in [0, 0.1) is 0 Å². The van der Waals surface area contributed by atoms with Gasteiger partial charge < -0.3 is 20.1 Å². The van der Waals surface area contributed by atoms with Crippen LogP contribution in [0.15, 0.2) is 24.5 Å². The number of nitrogens with zero attached hydrogens (tertiary/aromatic N) is 1. The predicted molar refractivity (Wildman–Crippen MR) is 103 cm³/mol. The molecule has 0 bridgehead atoms. The fourth-order valence-corrected chi connectivity index (χ4v) is 3.21. The number of hydrogen-bond donors (Lipinski definition) is 2. The minimum Gasteiger partial charge on any atom is -0.474 e. The van der Waals surface area contributed by atoms with Crippen molar-refractivity contribution in [2.24, 2.45) is 0 Å². The Morgan fingerprint density at radius 1 is 1.34 bits per heavy atom.